The van der Waals surface area contributed by atoms with Crippen LogP contribution in [0.2, 0.25) is 0 Å². The summed E-state index contributed by atoms with van der Waals surface area (Å²) >= 11 is 0. The summed E-state index contributed by atoms with van der Waals surface area (Å²) in [6.07, 6.45) is 0. The molecule has 1 aliphatic rings. The predicted molar refractivity (Wildman–Crippen MR) is 138 cm³/mol. The lowest BCUT2D eigenvalue weighted by Crippen LogP contribution is -2.10. The molecule has 1 aliphatic heterocycles. The molecule has 0 unspecified atom stereocenters. The summed E-state index contributed by atoms with van der Waals surface area (Å²) < 4.78 is 26.7. The van der Waals surface area contributed by atoms with E-state index in [4.69, 9.17) is 0 Å². The van der Waals surface area contributed by atoms with E-state index in [1.807, 2.05) is 37.3 Å². The van der Waals surface area contributed by atoms with Crippen molar-refractivity contribution in [1.29, 1.82) is 0 Å². The molecule has 0 fully saturated rings. The third kappa shape index (κ3) is 4.04. The molecule has 0 saturated heterocycles. The van der Waals surface area contributed by atoms with Gasteiger partial charge in [-0.05, 0) is 43.5 Å². The number of H-pyrrole nitrogens is 1. The van der Waals surface area contributed by atoms with Crippen LogP contribution in [0.4, 0.5) is 0 Å². The van der Waals surface area contributed by atoms with E-state index in [9.17, 15) is 18.3 Å². The molecule has 176 valence electrons. The highest BCUT2D eigenvalue weighted by Gasteiger charge is 2.30. The second-order valence-electron chi connectivity index (χ2n) is 8.57. The maximum Gasteiger partial charge on any atom is 0.323 e. The number of para-hydroxylation sites is 2. The van der Waals surface area contributed by atoms with Crippen molar-refractivity contribution in [2.75, 3.05) is 0 Å². The van der Waals surface area contributed by atoms with Crippen molar-refractivity contribution in [1.82, 2.24) is 9.55 Å². The number of aromatic amines is 1. The number of carbonyl (C=O) groups is 1. The van der Waals surface area contributed by atoms with Crippen LogP contribution in [0.3, 0.4) is 0 Å². The first-order chi connectivity index (χ1) is 16.8. The van der Waals surface area contributed by atoms with Crippen LogP contribution in [-0.2, 0) is 21.2 Å². The Bertz CT molecular complexity index is 1710. The average molecular weight is 485 g/mol. The van der Waals surface area contributed by atoms with E-state index in [0.717, 1.165) is 22.2 Å². The van der Waals surface area contributed by atoms with Gasteiger partial charge in [0, 0.05) is 49.9 Å². The van der Waals surface area contributed by atoms with Gasteiger partial charge in [-0.15, -0.1) is 0 Å². The number of fused-ring (bicyclic) bond motifs is 3. The number of nitrogens with zero attached hydrogens (tertiary/aromatic N) is 1. The van der Waals surface area contributed by atoms with Crippen molar-refractivity contribution < 1.29 is 18.3 Å². The fourth-order valence-corrected chi connectivity index (χ4v) is 6.18. The summed E-state index contributed by atoms with van der Waals surface area (Å²) in [5, 5.41) is 12.7. The van der Waals surface area contributed by atoms with Crippen molar-refractivity contribution in [3.8, 4) is 0 Å². The number of aromatic nitrogens is 2. The van der Waals surface area contributed by atoms with Crippen molar-refractivity contribution in [2.24, 2.45) is 0 Å². The van der Waals surface area contributed by atoms with Gasteiger partial charge in [0.15, 0.2) is 0 Å². The van der Waals surface area contributed by atoms with Gasteiger partial charge in [-0.3, -0.25) is 4.79 Å². The normalized spacial score (nSPS) is 13.8. The van der Waals surface area contributed by atoms with E-state index in [0.29, 0.717) is 16.0 Å². The minimum absolute atomic E-state index is 0.173. The quantitative estimate of drug-likeness (QED) is 0.344. The van der Waals surface area contributed by atoms with Gasteiger partial charge in [-0.1, -0.05) is 54.6 Å². The van der Waals surface area contributed by atoms with Crippen LogP contribution >= 0.6 is 0 Å². The molecule has 6 rings (SSSR count). The lowest BCUT2D eigenvalue weighted by atomic mass is 9.97. The lowest BCUT2D eigenvalue weighted by Gasteiger charge is -2.07. The molecule has 5 aromatic rings. The van der Waals surface area contributed by atoms with E-state index < -0.39 is 15.8 Å². The standard InChI is InChI=1S/C19H15NO4S.C9H9N/c1-12-19(14-7-2-4-8-16(14)20(12)10-18(21)22)15-11-25(23,24)17-9-5-3-6-13(15)17;1-7-6-8-4-2-3-5-9(8)10-7/h2-9,11H,10H2,1H3,(H,21,22);2-6,10H,1H3. The van der Waals surface area contributed by atoms with Crippen molar-refractivity contribution in [3.63, 3.8) is 0 Å². The first kappa shape index (κ1) is 22.7. The number of sulfone groups is 1. The number of carboxylic acid groups (broad SMARTS) is 1. The van der Waals surface area contributed by atoms with Crippen LogP contribution in [0.15, 0.2) is 89.2 Å². The van der Waals surface area contributed by atoms with Crippen LogP contribution in [0.25, 0.3) is 27.4 Å². The molecule has 0 atom stereocenters. The Morgan fingerprint density at radius 1 is 0.943 bits per heavy atom. The Morgan fingerprint density at radius 2 is 1.63 bits per heavy atom. The van der Waals surface area contributed by atoms with Gasteiger partial charge < -0.3 is 14.7 Å². The van der Waals surface area contributed by atoms with Crippen LogP contribution in [0.1, 0.15) is 22.5 Å². The molecule has 6 nitrogen and oxygen atoms in total. The fraction of sp³-hybridized carbons (Fsp3) is 0.107. The highest BCUT2D eigenvalue weighted by atomic mass is 32.2. The van der Waals surface area contributed by atoms with Gasteiger partial charge in [0.1, 0.15) is 6.54 Å². The number of hydrogen-bond donors (Lipinski definition) is 2. The van der Waals surface area contributed by atoms with Crippen LogP contribution < -0.4 is 0 Å². The summed E-state index contributed by atoms with van der Waals surface area (Å²) in [4.78, 5) is 14.8. The topological polar surface area (TPSA) is 92.2 Å². The Balaban J connectivity index is 0.000000211. The largest absolute Gasteiger partial charge is 0.480 e. The van der Waals surface area contributed by atoms with Crippen molar-refractivity contribution >= 4 is 43.2 Å². The maximum absolute atomic E-state index is 12.5. The van der Waals surface area contributed by atoms with Gasteiger partial charge in [0.25, 0.3) is 0 Å². The zero-order valence-corrected chi connectivity index (χ0v) is 20.1. The third-order valence-electron chi connectivity index (χ3n) is 6.21. The molecule has 35 heavy (non-hydrogen) atoms. The molecule has 0 spiro atoms. The first-order valence-electron chi connectivity index (χ1n) is 11.2. The third-order valence-corrected chi connectivity index (χ3v) is 7.73. The van der Waals surface area contributed by atoms with Gasteiger partial charge in [-0.2, -0.15) is 0 Å². The monoisotopic (exact) mass is 484 g/mol. The smallest absolute Gasteiger partial charge is 0.323 e. The molecular weight excluding hydrogens is 460 g/mol. The van der Waals surface area contributed by atoms with E-state index in [1.165, 1.54) is 22.0 Å². The van der Waals surface area contributed by atoms with E-state index >= 15 is 0 Å². The Labute approximate surface area is 203 Å². The highest BCUT2D eigenvalue weighted by molar-refractivity contribution is 7.95. The number of rotatable bonds is 3. The second kappa shape index (κ2) is 8.60. The zero-order valence-electron chi connectivity index (χ0n) is 19.3. The van der Waals surface area contributed by atoms with Crippen LogP contribution in [0.5, 0.6) is 0 Å². The molecular formula is C28H24N2O4S. The lowest BCUT2D eigenvalue weighted by molar-refractivity contribution is -0.137. The Hall–Kier alpha value is -4.10. The number of carboxylic acids is 1. The SMILES string of the molecule is Cc1c(C2=CS(=O)(=O)c3ccccc32)c2ccccc2n1CC(=O)O.Cc1cc2ccccc2[nH]1. The minimum atomic E-state index is -3.49. The average Bonchev–Trinajstić information content (AvgIpc) is 3.43. The van der Waals surface area contributed by atoms with E-state index in [1.54, 1.807) is 28.8 Å². The van der Waals surface area contributed by atoms with Crippen molar-refractivity contribution in [3.05, 3.63) is 107 Å². The molecule has 0 bridgehead atoms. The number of aliphatic carboxylic acids is 1. The summed E-state index contributed by atoms with van der Waals surface area (Å²) in [6.45, 7) is 3.72. The van der Waals surface area contributed by atoms with Gasteiger partial charge in [0.2, 0.25) is 9.84 Å². The molecule has 2 N–H and O–H groups in total. The summed E-state index contributed by atoms with van der Waals surface area (Å²) in [7, 11) is -3.49. The van der Waals surface area contributed by atoms with Crippen LogP contribution in [0, 0.1) is 13.8 Å². The number of benzene rings is 3. The Morgan fingerprint density at radius 3 is 2.40 bits per heavy atom. The van der Waals surface area contributed by atoms with Crippen molar-refractivity contribution in [2.45, 2.75) is 25.3 Å². The molecule has 3 aromatic carbocycles. The van der Waals surface area contributed by atoms with Gasteiger partial charge in [0.05, 0.1) is 4.90 Å². The summed E-state index contributed by atoms with van der Waals surface area (Å²) in [6, 6.07) is 24.8. The molecule has 0 saturated carbocycles. The maximum atomic E-state index is 12.5. The molecule has 7 heteroatoms. The highest BCUT2D eigenvalue weighted by Crippen LogP contribution is 2.42. The number of hydrogen-bond acceptors (Lipinski definition) is 3. The number of aryl methyl sites for hydroxylation is 1. The Kier molecular flexibility index (Phi) is 5.57. The van der Waals surface area contributed by atoms with Crippen LogP contribution in [-0.4, -0.2) is 29.0 Å². The molecule has 0 radical (unpaired) electrons. The van der Waals surface area contributed by atoms with Gasteiger partial charge in [-0.25, -0.2) is 8.42 Å². The first-order valence-corrected chi connectivity index (χ1v) is 12.7. The van der Waals surface area contributed by atoms with Gasteiger partial charge >= 0.3 is 5.97 Å². The summed E-state index contributed by atoms with van der Waals surface area (Å²) in [5.41, 5.74) is 6.01. The zero-order chi connectivity index (χ0) is 24.7. The second-order valence-corrected chi connectivity index (χ2v) is 10.3. The predicted octanol–water partition coefficient (Wildman–Crippen LogP) is 5.69. The fourth-order valence-electron chi connectivity index (χ4n) is 4.74. The van der Waals surface area contributed by atoms with E-state index in [-0.39, 0.29) is 6.54 Å². The summed E-state index contributed by atoms with van der Waals surface area (Å²) in [5.74, 6) is -0.941. The molecule has 2 aromatic heterocycles. The van der Waals surface area contributed by atoms with E-state index in [2.05, 4.69) is 36.2 Å². The minimum Gasteiger partial charge on any atom is -0.480 e. The molecule has 3 heterocycles. The molecule has 0 aliphatic carbocycles. The molecule has 0 amide bonds. The number of nitrogens with one attached hydrogen (secondary N) is 1.